The Balaban J connectivity index is 2.03. The SMILES string of the molecule is CCN(CC)C(=O)c1nc(CNC(=O)c2ccco2)oc1C. The molecular formula is C15H19N3O4. The Bertz CT molecular complexity index is 642. The van der Waals surface area contributed by atoms with E-state index in [4.69, 9.17) is 8.83 Å². The molecule has 118 valence electrons. The summed E-state index contributed by atoms with van der Waals surface area (Å²) in [7, 11) is 0. The van der Waals surface area contributed by atoms with E-state index >= 15 is 0 Å². The van der Waals surface area contributed by atoms with Crippen LogP contribution < -0.4 is 5.32 Å². The van der Waals surface area contributed by atoms with E-state index < -0.39 is 0 Å². The van der Waals surface area contributed by atoms with E-state index in [1.807, 2.05) is 13.8 Å². The van der Waals surface area contributed by atoms with E-state index in [1.54, 1.807) is 24.0 Å². The van der Waals surface area contributed by atoms with Crippen LogP contribution in [0.2, 0.25) is 0 Å². The summed E-state index contributed by atoms with van der Waals surface area (Å²) in [6.07, 6.45) is 1.42. The molecule has 0 aliphatic heterocycles. The number of aromatic nitrogens is 1. The molecule has 0 fully saturated rings. The third-order valence-corrected chi connectivity index (χ3v) is 3.24. The van der Waals surface area contributed by atoms with Gasteiger partial charge < -0.3 is 19.1 Å². The zero-order valence-electron chi connectivity index (χ0n) is 12.9. The van der Waals surface area contributed by atoms with Crippen molar-refractivity contribution in [3.63, 3.8) is 0 Å². The molecule has 2 heterocycles. The minimum Gasteiger partial charge on any atom is -0.459 e. The molecule has 0 bridgehead atoms. The number of rotatable bonds is 6. The van der Waals surface area contributed by atoms with E-state index in [2.05, 4.69) is 10.3 Å². The molecule has 22 heavy (non-hydrogen) atoms. The first-order valence-corrected chi connectivity index (χ1v) is 7.14. The summed E-state index contributed by atoms with van der Waals surface area (Å²) in [6.45, 7) is 6.79. The smallest absolute Gasteiger partial charge is 0.287 e. The highest BCUT2D eigenvalue weighted by Crippen LogP contribution is 2.13. The van der Waals surface area contributed by atoms with Crippen LogP contribution in [0.4, 0.5) is 0 Å². The van der Waals surface area contributed by atoms with Gasteiger partial charge in [0.1, 0.15) is 5.76 Å². The second-order valence-electron chi connectivity index (χ2n) is 4.65. The fourth-order valence-corrected chi connectivity index (χ4v) is 2.04. The van der Waals surface area contributed by atoms with Gasteiger partial charge in [0.25, 0.3) is 11.8 Å². The van der Waals surface area contributed by atoms with Crippen LogP contribution in [-0.4, -0.2) is 34.8 Å². The van der Waals surface area contributed by atoms with Crippen LogP contribution >= 0.6 is 0 Å². The highest BCUT2D eigenvalue weighted by Gasteiger charge is 2.21. The van der Waals surface area contributed by atoms with Crippen molar-refractivity contribution in [1.82, 2.24) is 15.2 Å². The van der Waals surface area contributed by atoms with Gasteiger partial charge in [-0.2, -0.15) is 0 Å². The monoisotopic (exact) mass is 305 g/mol. The molecule has 0 aliphatic rings. The van der Waals surface area contributed by atoms with Crippen molar-refractivity contribution in [2.45, 2.75) is 27.3 Å². The minimum absolute atomic E-state index is 0.0892. The van der Waals surface area contributed by atoms with E-state index in [0.29, 0.717) is 18.8 Å². The van der Waals surface area contributed by atoms with Crippen molar-refractivity contribution in [3.05, 3.63) is 41.5 Å². The van der Waals surface area contributed by atoms with Crippen molar-refractivity contribution in [2.24, 2.45) is 0 Å². The maximum Gasteiger partial charge on any atom is 0.287 e. The van der Waals surface area contributed by atoms with Gasteiger partial charge in [-0.1, -0.05) is 0 Å². The number of furan rings is 1. The van der Waals surface area contributed by atoms with Crippen LogP contribution in [0.3, 0.4) is 0 Å². The fraction of sp³-hybridized carbons (Fsp3) is 0.400. The van der Waals surface area contributed by atoms with E-state index in [9.17, 15) is 9.59 Å². The summed E-state index contributed by atoms with van der Waals surface area (Å²) in [4.78, 5) is 29.9. The number of aryl methyl sites for hydroxylation is 1. The van der Waals surface area contributed by atoms with Crippen molar-refractivity contribution in [2.75, 3.05) is 13.1 Å². The molecule has 7 heteroatoms. The summed E-state index contributed by atoms with van der Waals surface area (Å²) in [5.41, 5.74) is 0.283. The molecule has 2 aromatic heterocycles. The first kappa shape index (κ1) is 15.8. The molecule has 2 aromatic rings. The predicted octanol–water partition coefficient (Wildman–Crippen LogP) is 1.99. The number of amides is 2. The van der Waals surface area contributed by atoms with Gasteiger partial charge in [0.05, 0.1) is 12.8 Å². The second kappa shape index (κ2) is 6.93. The molecule has 0 aromatic carbocycles. The van der Waals surface area contributed by atoms with Crippen LogP contribution in [0.1, 0.15) is 46.5 Å². The number of carbonyl (C=O) groups is 2. The molecule has 0 saturated heterocycles. The number of nitrogens with zero attached hydrogens (tertiary/aromatic N) is 2. The summed E-state index contributed by atoms with van der Waals surface area (Å²) < 4.78 is 10.4. The molecule has 0 aliphatic carbocycles. The first-order chi connectivity index (χ1) is 10.6. The molecule has 0 radical (unpaired) electrons. The topological polar surface area (TPSA) is 88.6 Å². The quantitative estimate of drug-likeness (QED) is 0.881. The normalized spacial score (nSPS) is 10.5. The van der Waals surface area contributed by atoms with Gasteiger partial charge >= 0.3 is 0 Å². The lowest BCUT2D eigenvalue weighted by molar-refractivity contribution is 0.0766. The average Bonchev–Trinajstić information content (AvgIpc) is 3.15. The van der Waals surface area contributed by atoms with Crippen LogP contribution in [0.25, 0.3) is 0 Å². The molecule has 2 rings (SSSR count). The van der Waals surface area contributed by atoms with Gasteiger partial charge in [0, 0.05) is 13.1 Å². The van der Waals surface area contributed by atoms with Gasteiger partial charge in [-0.3, -0.25) is 9.59 Å². The van der Waals surface area contributed by atoms with Gasteiger partial charge in [-0.25, -0.2) is 4.98 Å². The third kappa shape index (κ3) is 3.36. The van der Waals surface area contributed by atoms with Gasteiger partial charge in [0.2, 0.25) is 5.89 Å². The van der Waals surface area contributed by atoms with Crippen LogP contribution in [-0.2, 0) is 6.54 Å². The van der Waals surface area contributed by atoms with Crippen LogP contribution in [0, 0.1) is 6.92 Å². The molecule has 0 spiro atoms. The highest BCUT2D eigenvalue weighted by atomic mass is 16.4. The number of hydrogen-bond acceptors (Lipinski definition) is 5. The minimum atomic E-state index is -0.363. The molecule has 0 unspecified atom stereocenters. The Morgan fingerprint density at radius 1 is 1.32 bits per heavy atom. The summed E-state index contributed by atoms with van der Waals surface area (Å²) >= 11 is 0. The Kier molecular flexibility index (Phi) is 4.98. The molecule has 2 amide bonds. The van der Waals surface area contributed by atoms with E-state index in [0.717, 1.165) is 0 Å². The Morgan fingerprint density at radius 3 is 2.64 bits per heavy atom. The lowest BCUT2D eigenvalue weighted by atomic mass is 10.3. The first-order valence-electron chi connectivity index (χ1n) is 7.14. The van der Waals surface area contributed by atoms with Crippen molar-refractivity contribution in [3.8, 4) is 0 Å². The number of hydrogen-bond donors (Lipinski definition) is 1. The number of oxazole rings is 1. The molecule has 0 saturated carbocycles. The Labute approximate surface area is 128 Å². The number of nitrogens with one attached hydrogen (secondary N) is 1. The maximum atomic E-state index is 12.3. The largest absolute Gasteiger partial charge is 0.459 e. The zero-order valence-corrected chi connectivity index (χ0v) is 12.9. The van der Waals surface area contributed by atoms with Crippen molar-refractivity contribution < 1.29 is 18.4 Å². The fourth-order valence-electron chi connectivity index (χ4n) is 2.04. The average molecular weight is 305 g/mol. The highest BCUT2D eigenvalue weighted by molar-refractivity contribution is 5.93. The summed E-state index contributed by atoms with van der Waals surface area (Å²) in [5, 5.41) is 2.62. The van der Waals surface area contributed by atoms with E-state index in [-0.39, 0.29) is 35.7 Å². The van der Waals surface area contributed by atoms with E-state index in [1.165, 1.54) is 6.26 Å². The van der Waals surface area contributed by atoms with Crippen LogP contribution in [0.15, 0.2) is 27.2 Å². The molecule has 1 N–H and O–H groups in total. The Morgan fingerprint density at radius 2 is 2.05 bits per heavy atom. The zero-order chi connectivity index (χ0) is 16.1. The summed E-state index contributed by atoms with van der Waals surface area (Å²) in [5.74, 6) is 0.405. The number of carbonyl (C=O) groups excluding carboxylic acids is 2. The standard InChI is InChI=1S/C15H19N3O4/c1-4-18(5-2)15(20)13-10(3)22-12(17-13)9-16-14(19)11-7-6-8-21-11/h6-8H,4-5,9H2,1-3H3,(H,16,19). The lowest BCUT2D eigenvalue weighted by Gasteiger charge is -2.16. The molecule has 0 atom stereocenters. The van der Waals surface area contributed by atoms with Crippen molar-refractivity contribution in [1.29, 1.82) is 0 Å². The second-order valence-corrected chi connectivity index (χ2v) is 4.65. The van der Waals surface area contributed by atoms with Gasteiger partial charge in [0.15, 0.2) is 11.5 Å². The predicted molar refractivity (Wildman–Crippen MR) is 78.4 cm³/mol. The third-order valence-electron chi connectivity index (χ3n) is 3.24. The molecular weight excluding hydrogens is 286 g/mol. The van der Waals surface area contributed by atoms with Gasteiger partial charge in [-0.15, -0.1) is 0 Å². The maximum absolute atomic E-state index is 12.3. The molecule has 7 nitrogen and oxygen atoms in total. The van der Waals surface area contributed by atoms with Gasteiger partial charge in [-0.05, 0) is 32.9 Å². The lowest BCUT2D eigenvalue weighted by Crippen LogP contribution is -2.31. The summed E-state index contributed by atoms with van der Waals surface area (Å²) in [6, 6.07) is 3.19. The van der Waals surface area contributed by atoms with Crippen LogP contribution in [0.5, 0.6) is 0 Å². The van der Waals surface area contributed by atoms with Crippen molar-refractivity contribution >= 4 is 11.8 Å². The Hall–Kier alpha value is -2.57.